The fraction of sp³-hybridized carbons (Fsp3) is 0.364. The van der Waals surface area contributed by atoms with E-state index in [1.807, 2.05) is 54.6 Å². The van der Waals surface area contributed by atoms with Gasteiger partial charge in [0.2, 0.25) is 17.5 Å². The van der Waals surface area contributed by atoms with Gasteiger partial charge in [0, 0.05) is 18.2 Å². The highest BCUT2D eigenvalue weighted by Gasteiger charge is 2.42. The Hall–Kier alpha value is -4.29. The number of aliphatic carboxylic acids is 1. The van der Waals surface area contributed by atoms with Crippen LogP contribution in [0, 0.1) is 29.2 Å². The van der Waals surface area contributed by atoms with Gasteiger partial charge in [0.15, 0.2) is 23.2 Å². The first kappa shape index (κ1) is 33.6. The van der Waals surface area contributed by atoms with Crippen LogP contribution in [-0.2, 0) is 24.8 Å². The lowest BCUT2D eigenvalue weighted by molar-refractivity contribution is -0.143. The van der Waals surface area contributed by atoms with E-state index < -0.39 is 77.5 Å². The monoisotopic (exact) mass is 630 g/mol. The molecular formula is C33H34F4N2O6. The van der Waals surface area contributed by atoms with Crippen LogP contribution in [0.25, 0.3) is 11.1 Å². The topological polar surface area (TPSA) is 114 Å². The molecule has 1 heterocycles. The minimum absolute atomic E-state index is 0.0209. The molecule has 1 saturated heterocycles. The van der Waals surface area contributed by atoms with Crippen molar-refractivity contribution < 1.29 is 46.5 Å². The number of ketones is 1. The second-order valence-electron chi connectivity index (χ2n) is 11.1. The molecule has 240 valence electrons. The maximum Gasteiger partial charge on any atom is 0.305 e. The SMILES string of the molecule is CC(C)[C@H](NC1(c2ccccc2-c2ccccc2)CCCCO1)C(=O)N[C@@H](CC(=O)O)C(=O)COc1c(F)c(F)cc(F)c1F. The van der Waals surface area contributed by atoms with E-state index in [1.54, 1.807) is 13.8 Å². The molecule has 0 saturated carbocycles. The summed E-state index contributed by atoms with van der Waals surface area (Å²) in [6.45, 7) is 2.76. The number of amides is 1. The Morgan fingerprint density at radius 2 is 1.60 bits per heavy atom. The normalized spacial score (nSPS) is 17.8. The molecule has 45 heavy (non-hydrogen) atoms. The van der Waals surface area contributed by atoms with Crippen LogP contribution in [-0.4, -0.2) is 48.1 Å². The number of nitrogens with one attached hydrogen (secondary N) is 2. The molecular weight excluding hydrogens is 596 g/mol. The summed E-state index contributed by atoms with van der Waals surface area (Å²) in [4.78, 5) is 38.3. The molecule has 0 spiro atoms. The number of carboxylic acids is 1. The number of Topliss-reactive ketones (excluding diaryl/α,β-unsaturated/α-hetero) is 1. The van der Waals surface area contributed by atoms with Crippen LogP contribution in [0.1, 0.15) is 45.1 Å². The molecule has 1 amide bonds. The second kappa shape index (κ2) is 14.7. The number of benzene rings is 3. The van der Waals surface area contributed by atoms with Crippen molar-refractivity contribution in [1.29, 1.82) is 0 Å². The van der Waals surface area contributed by atoms with Crippen molar-refractivity contribution in [2.45, 2.75) is 57.3 Å². The molecule has 3 atom stereocenters. The maximum absolute atomic E-state index is 14.0. The molecule has 1 aliphatic heterocycles. The fourth-order valence-corrected chi connectivity index (χ4v) is 5.29. The van der Waals surface area contributed by atoms with E-state index in [1.165, 1.54) is 0 Å². The van der Waals surface area contributed by atoms with Gasteiger partial charge >= 0.3 is 5.97 Å². The molecule has 0 radical (unpaired) electrons. The van der Waals surface area contributed by atoms with E-state index in [9.17, 15) is 37.1 Å². The van der Waals surface area contributed by atoms with Crippen molar-refractivity contribution in [2.24, 2.45) is 5.92 Å². The molecule has 3 aromatic carbocycles. The smallest absolute Gasteiger partial charge is 0.305 e. The molecule has 0 bridgehead atoms. The van der Waals surface area contributed by atoms with Crippen molar-refractivity contribution in [2.75, 3.05) is 13.2 Å². The van der Waals surface area contributed by atoms with Crippen LogP contribution in [0.5, 0.6) is 5.75 Å². The number of ether oxygens (including phenoxy) is 2. The van der Waals surface area contributed by atoms with E-state index in [-0.39, 0.29) is 12.0 Å². The van der Waals surface area contributed by atoms with Crippen LogP contribution in [0.15, 0.2) is 60.7 Å². The third-order valence-electron chi connectivity index (χ3n) is 7.57. The summed E-state index contributed by atoms with van der Waals surface area (Å²) in [6.07, 6.45) is 1.22. The Morgan fingerprint density at radius 3 is 2.20 bits per heavy atom. The highest BCUT2D eigenvalue weighted by Crippen LogP contribution is 2.39. The molecule has 0 aliphatic carbocycles. The van der Waals surface area contributed by atoms with Crippen LogP contribution in [0.2, 0.25) is 0 Å². The van der Waals surface area contributed by atoms with Crippen LogP contribution in [0.3, 0.4) is 0 Å². The van der Waals surface area contributed by atoms with E-state index in [0.29, 0.717) is 13.0 Å². The third kappa shape index (κ3) is 7.87. The number of rotatable bonds is 13. The summed E-state index contributed by atoms with van der Waals surface area (Å²) in [7, 11) is 0. The lowest BCUT2D eigenvalue weighted by Gasteiger charge is -2.43. The Labute approximate surface area is 257 Å². The molecule has 1 aliphatic rings. The summed E-state index contributed by atoms with van der Waals surface area (Å²) in [6, 6.07) is 14.6. The summed E-state index contributed by atoms with van der Waals surface area (Å²) in [5, 5.41) is 15.2. The summed E-state index contributed by atoms with van der Waals surface area (Å²) >= 11 is 0. The zero-order chi connectivity index (χ0) is 32.7. The quantitative estimate of drug-likeness (QED) is 0.169. The van der Waals surface area contributed by atoms with Crippen molar-refractivity contribution >= 4 is 17.7 Å². The van der Waals surface area contributed by atoms with Gasteiger partial charge in [-0.1, -0.05) is 68.4 Å². The number of hydrogen-bond acceptors (Lipinski definition) is 6. The number of carboxylic acid groups (broad SMARTS) is 1. The number of carbonyl (C=O) groups is 3. The van der Waals surface area contributed by atoms with E-state index in [2.05, 4.69) is 10.6 Å². The Bertz CT molecular complexity index is 1500. The predicted octanol–water partition coefficient (Wildman–Crippen LogP) is 5.49. The second-order valence-corrected chi connectivity index (χ2v) is 11.1. The highest BCUT2D eigenvalue weighted by molar-refractivity contribution is 5.94. The highest BCUT2D eigenvalue weighted by atomic mass is 19.2. The standard InChI is InChI=1S/C33H34F4N2O6/c1-19(2)30(39-33(14-8-9-15-45-33)22-13-7-6-12-21(22)20-10-4-3-5-11-20)32(43)38-25(17-27(41)42)26(40)18-44-31-28(36)23(34)16-24(35)29(31)37/h3-7,10-13,16,19,25,30,39H,8-9,14-15,17-18H2,1-2H3,(H,38,43)(H,41,42)/t25-,30-,33?/m0/s1. The maximum atomic E-state index is 14.0. The summed E-state index contributed by atoms with van der Waals surface area (Å²) in [5.41, 5.74) is 1.52. The molecule has 3 aromatic rings. The van der Waals surface area contributed by atoms with Gasteiger partial charge in [-0.15, -0.1) is 0 Å². The van der Waals surface area contributed by atoms with Gasteiger partial charge in [-0.2, -0.15) is 8.78 Å². The first-order valence-electron chi connectivity index (χ1n) is 14.5. The summed E-state index contributed by atoms with van der Waals surface area (Å²) in [5.74, 6) is -12.4. The molecule has 1 unspecified atom stereocenters. The zero-order valence-electron chi connectivity index (χ0n) is 24.7. The minimum atomic E-state index is -1.86. The van der Waals surface area contributed by atoms with Gasteiger partial charge in [-0.3, -0.25) is 19.7 Å². The van der Waals surface area contributed by atoms with Gasteiger partial charge in [-0.25, -0.2) is 8.78 Å². The van der Waals surface area contributed by atoms with E-state index >= 15 is 0 Å². The van der Waals surface area contributed by atoms with Crippen LogP contribution in [0.4, 0.5) is 17.6 Å². The Balaban J connectivity index is 1.59. The first-order chi connectivity index (χ1) is 21.4. The largest absolute Gasteiger partial charge is 0.481 e. The average Bonchev–Trinajstić information content (AvgIpc) is 3.02. The van der Waals surface area contributed by atoms with Crippen LogP contribution < -0.4 is 15.4 Å². The minimum Gasteiger partial charge on any atom is -0.481 e. The van der Waals surface area contributed by atoms with Gasteiger partial charge in [0.25, 0.3) is 0 Å². The van der Waals surface area contributed by atoms with Gasteiger partial charge in [0.1, 0.15) is 18.4 Å². The van der Waals surface area contributed by atoms with E-state index in [0.717, 1.165) is 29.5 Å². The van der Waals surface area contributed by atoms with Gasteiger partial charge in [0.05, 0.1) is 12.5 Å². The lowest BCUT2D eigenvalue weighted by Crippen LogP contribution is -2.60. The van der Waals surface area contributed by atoms with Gasteiger partial charge < -0.3 is 19.9 Å². The molecule has 1 fully saturated rings. The number of carbonyl (C=O) groups excluding carboxylic acids is 2. The molecule has 3 N–H and O–H groups in total. The molecule has 4 rings (SSSR count). The van der Waals surface area contributed by atoms with Gasteiger partial charge in [-0.05, 0) is 36.3 Å². The average molecular weight is 631 g/mol. The number of hydrogen-bond donors (Lipinski definition) is 3. The first-order valence-corrected chi connectivity index (χ1v) is 14.5. The molecule has 0 aromatic heterocycles. The predicted molar refractivity (Wildman–Crippen MR) is 156 cm³/mol. The molecule has 8 nitrogen and oxygen atoms in total. The third-order valence-corrected chi connectivity index (χ3v) is 7.57. The zero-order valence-corrected chi connectivity index (χ0v) is 24.7. The van der Waals surface area contributed by atoms with Crippen molar-refractivity contribution in [3.63, 3.8) is 0 Å². The Morgan fingerprint density at radius 1 is 0.956 bits per heavy atom. The van der Waals surface area contributed by atoms with Crippen molar-refractivity contribution in [3.8, 4) is 16.9 Å². The van der Waals surface area contributed by atoms with Crippen LogP contribution >= 0.6 is 0 Å². The summed E-state index contributed by atoms with van der Waals surface area (Å²) < 4.78 is 66.4. The lowest BCUT2D eigenvalue weighted by atomic mass is 9.86. The van der Waals surface area contributed by atoms with E-state index in [4.69, 9.17) is 9.47 Å². The Kier molecular flexibility index (Phi) is 10.9. The number of halogens is 4. The van der Waals surface area contributed by atoms with Crippen molar-refractivity contribution in [3.05, 3.63) is 89.5 Å². The van der Waals surface area contributed by atoms with Crippen molar-refractivity contribution in [1.82, 2.24) is 10.6 Å². The fourth-order valence-electron chi connectivity index (χ4n) is 5.29. The molecule has 12 heteroatoms.